The third-order valence-corrected chi connectivity index (χ3v) is 5.50. The van der Waals surface area contributed by atoms with Gasteiger partial charge in [-0.05, 0) is 43.9 Å². The van der Waals surface area contributed by atoms with Crippen molar-refractivity contribution in [3.8, 4) is 0 Å². The van der Waals surface area contributed by atoms with Crippen molar-refractivity contribution in [3.05, 3.63) is 58.4 Å². The maximum atomic E-state index is 12.9. The molecule has 2 aliphatic rings. The molecule has 1 aromatic carbocycles. The van der Waals surface area contributed by atoms with Gasteiger partial charge in [0.2, 0.25) is 5.91 Å². The number of aromatic nitrogens is 2. The van der Waals surface area contributed by atoms with E-state index in [1.807, 2.05) is 36.9 Å². The molecule has 3 heterocycles. The Kier molecular flexibility index (Phi) is 3.98. The molecule has 6 heteroatoms. The van der Waals surface area contributed by atoms with Gasteiger partial charge in [0, 0.05) is 13.1 Å². The first-order chi connectivity index (χ1) is 12.5. The van der Waals surface area contributed by atoms with Gasteiger partial charge >= 0.3 is 0 Å². The lowest BCUT2D eigenvalue weighted by molar-refractivity contribution is -0.124. The molecule has 1 fully saturated rings. The molecule has 1 N–H and O–H groups in total. The number of piperidine rings is 1. The van der Waals surface area contributed by atoms with Crippen molar-refractivity contribution >= 4 is 11.8 Å². The Morgan fingerprint density at radius 1 is 1.15 bits per heavy atom. The van der Waals surface area contributed by atoms with Gasteiger partial charge in [-0.1, -0.05) is 24.3 Å². The molecule has 26 heavy (non-hydrogen) atoms. The second-order valence-corrected chi connectivity index (χ2v) is 7.24. The molecule has 1 aromatic heterocycles. The van der Waals surface area contributed by atoms with Gasteiger partial charge in [-0.25, -0.2) is 0 Å². The molecule has 1 saturated heterocycles. The van der Waals surface area contributed by atoms with Crippen molar-refractivity contribution in [1.82, 2.24) is 20.4 Å². The highest BCUT2D eigenvalue weighted by atomic mass is 16.2. The van der Waals surface area contributed by atoms with Crippen LogP contribution >= 0.6 is 0 Å². The number of nitrogens with zero attached hydrogens (tertiary/aromatic N) is 3. The first-order valence-corrected chi connectivity index (χ1v) is 8.98. The Balaban J connectivity index is 1.57. The monoisotopic (exact) mass is 350 g/mol. The second kappa shape index (κ2) is 6.20. The number of amides is 2. The lowest BCUT2D eigenvalue weighted by Crippen LogP contribution is -2.56. The summed E-state index contributed by atoms with van der Waals surface area (Å²) >= 11 is 0. The molecule has 4 rings (SSSR count). The Morgan fingerprint density at radius 2 is 1.88 bits per heavy atom. The average Bonchev–Trinajstić information content (AvgIpc) is 2.64. The quantitative estimate of drug-likeness (QED) is 0.852. The number of hydrogen-bond acceptors (Lipinski definition) is 4. The summed E-state index contributed by atoms with van der Waals surface area (Å²) in [6, 6.07) is 9.93. The Bertz CT molecular complexity index is 885. The highest BCUT2D eigenvalue weighted by molar-refractivity contribution is 5.95. The molecule has 0 radical (unpaired) electrons. The van der Waals surface area contributed by atoms with Crippen molar-refractivity contribution in [1.29, 1.82) is 0 Å². The Hall–Kier alpha value is -2.76. The molecule has 0 atom stereocenters. The highest BCUT2D eigenvalue weighted by Crippen LogP contribution is 2.38. The number of nitrogens with one attached hydrogen (secondary N) is 1. The highest BCUT2D eigenvalue weighted by Gasteiger charge is 2.42. The lowest BCUT2D eigenvalue weighted by Gasteiger charge is -2.45. The van der Waals surface area contributed by atoms with E-state index in [1.165, 1.54) is 5.56 Å². The number of carbonyl (C=O) groups excluding carboxylic acids is 2. The van der Waals surface area contributed by atoms with Crippen molar-refractivity contribution in [2.24, 2.45) is 0 Å². The average molecular weight is 350 g/mol. The Labute approximate surface area is 152 Å². The zero-order valence-electron chi connectivity index (χ0n) is 15.1. The van der Waals surface area contributed by atoms with Crippen LogP contribution in [0.3, 0.4) is 0 Å². The normalized spacial score (nSPS) is 18.4. The molecule has 134 valence electrons. The number of benzene rings is 1. The van der Waals surface area contributed by atoms with Crippen LogP contribution in [0.4, 0.5) is 0 Å². The number of likely N-dealkylation sites (tertiary alicyclic amines) is 1. The van der Waals surface area contributed by atoms with Gasteiger partial charge in [-0.3, -0.25) is 9.59 Å². The first-order valence-electron chi connectivity index (χ1n) is 8.98. The fourth-order valence-corrected chi connectivity index (χ4v) is 4.12. The van der Waals surface area contributed by atoms with Gasteiger partial charge in [0.25, 0.3) is 5.91 Å². The van der Waals surface area contributed by atoms with E-state index in [0.29, 0.717) is 30.8 Å². The molecule has 2 amide bonds. The Morgan fingerprint density at radius 3 is 2.65 bits per heavy atom. The fourth-order valence-electron chi connectivity index (χ4n) is 4.12. The molecule has 0 aliphatic carbocycles. The van der Waals surface area contributed by atoms with E-state index >= 15 is 0 Å². The van der Waals surface area contributed by atoms with E-state index in [4.69, 9.17) is 0 Å². The number of fused-ring (bicyclic) bond motifs is 2. The van der Waals surface area contributed by atoms with Crippen molar-refractivity contribution < 1.29 is 9.59 Å². The molecule has 0 saturated carbocycles. The van der Waals surface area contributed by atoms with Crippen molar-refractivity contribution in [2.75, 3.05) is 13.1 Å². The number of hydrogen-bond donors (Lipinski definition) is 1. The maximum Gasteiger partial charge on any atom is 0.255 e. The fraction of sp³-hybridized carbons (Fsp3) is 0.400. The minimum Gasteiger partial charge on any atom is -0.346 e. The van der Waals surface area contributed by atoms with Gasteiger partial charge in [0.05, 0.1) is 28.9 Å². The zero-order chi connectivity index (χ0) is 18.3. The van der Waals surface area contributed by atoms with E-state index in [-0.39, 0.29) is 17.4 Å². The first kappa shape index (κ1) is 16.7. The van der Waals surface area contributed by atoms with Crippen LogP contribution in [-0.2, 0) is 16.8 Å². The standard InChI is InChI=1S/C20H22N4O2/c1-13-11-16(14(2)23-22-13)19(26)24-9-7-20(8-10-24)17-6-4-3-5-15(17)12-18(25)21-20/h3-6,11H,7-10,12H2,1-2H3,(H,21,25). The summed E-state index contributed by atoms with van der Waals surface area (Å²) in [5.41, 5.74) is 3.94. The molecule has 2 aliphatic heterocycles. The smallest absolute Gasteiger partial charge is 0.255 e. The predicted molar refractivity (Wildman–Crippen MR) is 96.6 cm³/mol. The summed E-state index contributed by atoms with van der Waals surface area (Å²) in [5, 5.41) is 11.3. The van der Waals surface area contributed by atoms with Crippen molar-refractivity contribution in [2.45, 2.75) is 38.6 Å². The van der Waals surface area contributed by atoms with E-state index in [0.717, 1.165) is 24.1 Å². The number of aryl methyl sites for hydroxylation is 2. The molecule has 0 bridgehead atoms. The summed E-state index contributed by atoms with van der Waals surface area (Å²) in [6.07, 6.45) is 1.87. The van der Waals surface area contributed by atoms with Gasteiger partial charge in [-0.2, -0.15) is 10.2 Å². The minimum absolute atomic E-state index is 0.00855. The third kappa shape index (κ3) is 2.75. The molecular weight excluding hydrogens is 328 g/mol. The van der Waals surface area contributed by atoms with Crippen LogP contribution in [0.2, 0.25) is 0 Å². The van der Waals surface area contributed by atoms with Crippen LogP contribution in [0, 0.1) is 13.8 Å². The molecule has 2 aromatic rings. The van der Waals surface area contributed by atoms with E-state index in [9.17, 15) is 9.59 Å². The minimum atomic E-state index is -0.357. The molecule has 1 spiro atoms. The van der Waals surface area contributed by atoms with E-state index in [1.54, 1.807) is 6.07 Å². The van der Waals surface area contributed by atoms with Gasteiger partial charge < -0.3 is 10.2 Å². The summed E-state index contributed by atoms with van der Waals surface area (Å²) in [4.78, 5) is 27.0. The zero-order valence-corrected chi connectivity index (χ0v) is 15.1. The van der Waals surface area contributed by atoms with Crippen LogP contribution < -0.4 is 5.32 Å². The van der Waals surface area contributed by atoms with E-state index in [2.05, 4.69) is 21.6 Å². The van der Waals surface area contributed by atoms with Gasteiger partial charge in [-0.15, -0.1) is 0 Å². The van der Waals surface area contributed by atoms with Crippen LogP contribution in [0.1, 0.15) is 45.7 Å². The third-order valence-electron chi connectivity index (χ3n) is 5.50. The van der Waals surface area contributed by atoms with Gasteiger partial charge in [0.15, 0.2) is 0 Å². The largest absolute Gasteiger partial charge is 0.346 e. The van der Waals surface area contributed by atoms with Crippen LogP contribution in [0.15, 0.2) is 30.3 Å². The maximum absolute atomic E-state index is 12.9. The number of rotatable bonds is 1. The summed E-state index contributed by atoms with van der Waals surface area (Å²) < 4.78 is 0. The topological polar surface area (TPSA) is 75.2 Å². The van der Waals surface area contributed by atoms with Crippen molar-refractivity contribution in [3.63, 3.8) is 0 Å². The van der Waals surface area contributed by atoms with Gasteiger partial charge in [0.1, 0.15) is 0 Å². The molecule has 6 nitrogen and oxygen atoms in total. The van der Waals surface area contributed by atoms with Crippen LogP contribution in [0.5, 0.6) is 0 Å². The second-order valence-electron chi connectivity index (χ2n) is 7.24. The SMILES string of the molecule is Cc1cc(C(=O)N2CCC3(CC2)NC(=O)Cc2ccccc23)c(C)nn1. The van der Waals surface area contributed by atoms with E-state index < -0.39 is 0 Å². The lowest BCUT2D eigenvalue weighted by atomic mass is 9.75. The summed E-state index contributed by atoms with van der Waals surface area (Å²) in [7, 11) is 0. The molecular formula is C20H22N4O2. The van der Waals surface area contributed by atoms with Crippen LogP contribution in [-0.4, -0.2) is 40.0 Å². The van der Waals surface area contributed by atoms with Crippen LogP contribution in [0.25, 0.3) is 0 Å². The predicted octanol–water partition coefficient (Wildman–Crippen LogP) is 1.90. The number of carbonyl (C=O) groups is 2. The summed E-state index contributed by atoms with van der Waals surface area (Å²) in [5.74, 6) is 0.0547. The molecule has 0 unspecified atom stereocenters. The summed E-state index contributed by atoms with van der Waals surface area (Å²) in [6.45, 7) is 4.86.